The van der Waals surface area contributed by atoms with Crippen LogP contribution >= 0.6 is 22.9 Å². The molecule has 212 valence electrons. The first-order valence-corrected chi connectivity index (χ1v) is 15.3. The van der Waals surface area contributed by atoms with Crippen molar-refractivity contribution >= 4 is 34.8 Å². The van der Waals surface area contributed by atoms with Gasteiger partial charge in [-0.2, -0.15) is 0 Å². The molecule has 2 atom stereocenters. The van der Waals surface area contributed by atoms with Crippen molar-refractivity contribution in [1.29, 1.82) is 0 Å². The Morgan fingerprint density at radius 3 is 2.59 bits per heavy atom. The summed E-state index contributed by atoms with van der Waals surface area (Å²) in [6.07, 6.45) is 3.32. The SMILES string of the molecule is Cc1csc([C@H]2CCCN2C(=O)c2cccc(C(=O)N[C@H](CCNCc3cccc(Cl)c3)Cc3ccccc3)c2)n1. The summed E-state index contributed by atoms with van der Waals surface area (Å²) in [5.41, 5.74) is 4.27. The molecular formula is C33H35ClN4O2S. The van der Waals surface area contributed by atoms with Gasteiger partial charge in [0.1, 0.15) is 5.01 Å². The highest BCUT2D eigenvalue weighted by Gasteiger charge is 2.32. The molecule has 2 heterocycles. The Bertz CT molecular complexity index is 1470. The predicted molar refractivity (Wildman–Crippen MR) is 165 cm³/mol. The number of nitrogens with one attached hydrogen (secondary N) is 2. The van der Waals surface area contributed by atoms with E-state index >= 15 is 0 Å². The second kappa shape index (κ2) is 13.9. The van der Waals surface area contributed by atoms with Gasteiger partial charge in [0.2, 0.25) is 0 Å². The van der Waals surface area contributed by atoms with E-state index in [4.69, 9.17) is 11.6 Å². The minimum atomic E-state index is -0.177. The van der Waals surface area contributed by atoms with Crippen LogP contribution < -0.4 is 10.6 Å². The molecule has 0 aliphatic carbocycles. The topological polar surface area (TPSA) is 74.3 Å². The fraction of sp³-hybridized carbons (Fsp3) is 0.303. The van der Waals surface area contributed by atoms with Crippen LogP contribution in [-0.2, 0) is 13.0 Å². The minimum absolute atomic E-state index is 0.00616. The van der Waals surface area contributed by atoms with E-state index in [9.17, 15) is 9.59 Å². The molecular weight excluding hydrogens is 552 g/mol. The molecule has 3 aromatic carbocycles. The van der Waals surface area contributed by atoms with Gasteiger partial charge < -0.3 is 15.5 Å². The Hall–Kier alpha value is -3.52. The van der Waals surface area contributed by atoms with Crippen LogP contribution in [0.15, 0.2) is 84.2 Å². The number of hydrogen-bond acceptors (Lipinski definition) is 5. The summed E-state index contributed by atoms with van der Waals surface area (Å²) in [6.45, 7) is 4.10. The van der Waals surface area contributed by atoms with Gasteiger partial charge in [-0.3, -0.25) is 9.59 Å². The standard InChI is InChI=1S/C33H35ClN4O2S/c1-23-22-41-32(36-23)30-14-7-17-38(30)33(40)27-12-6-11-26(20-27)31(39)37-29(19-24-8-3-2-4-9-24)15-16-35-21-25-10-5-13-28(34)18-25/h2-6,8-13,18,20,22,29-30,35H,7,14-17,19,21H2,1H3,(H,37,39)/t29-,30-/m1/s1. The molecule has 0 unspecified atom stereocenters. The Balaban J connectivity index is 1.24. The Kier molecular flexibility index (Phi) is 9.83. The molecule has 0 radical (unpaired) electrons. The van der Waals surface area contributed by atoms with Crippen LogP contribution in [0.4, 0.5) is 0 Å². The molecule has 1 aliphatic heterocycles. The molecule has 8 heteroatoms. The number of thiazole rings is 1. The van der Waals surface area contributed by atoms with Crippen LogP contribution in [0.1, 0.15) is 67.8 Å². The normalized spacial score (nSPS) is 15.6. The van der Waals surface area contributed by atoms with Crippen molar-refractivity contribution in [3.63, 3.8) is 0 Å². The number of rotatable bonds is 11. The third kappa shape index (κ3) is 7.82. The van der Waals surface area contributed by atoms with Crippen molar-refractivity contribution in [3.05, 3.63) is 122 Å². The lowest BCUT2D eigenvalue weighted by Gasteiger charge is -2.23. The Morgan fingerprint density at radius 2 is 1.80 bits per heavy atom. The second-order valence-corrected chi connectivity index (χ2v) is 11.8. The Morgan fingerprint density at radius 1 is 1.02 bits per heavy atom. The summed E-state index contributed by atoms with van der Waals surface area (Å²) < 4.78 is 0. The Labute approximate surface area is 250 Å². The highest BCUT2D eigenvalue weighted by Crippen LogP contribution is 2.34. The number of benzene rings is 3. The fourth-order valence-electron chi connectivity index (χ4n) is 5.30. The van der Waals surface area contributed by atoms with E-state index in [-0.39, 0.29) is 23.9 Å². The number of carbonyl (C=O) groups is 2. The van der Waals surface area contributed by atoms with E-state index in [1.165, 1.54) is 0 Å². The molecule has 1 aliphatic rings. The van der Waals surface area contributed by atoms with Crippen molar-refractivity contribution in [2.24, 2.45) is 0 Å². The van der Waals surface area contributed by atoms with E-state index in [1.807, 2.05) is 59.7 Å². The second-order valence-electron chi connectivity index (χ2n) is 10.5. The van der Waals surface area contributed by atoms with Crippen molar-refractivity contribution in [3.8, 4) is 0 Å². The predicted octanol–water partition coefficient (Wildman–Crippen LogP) is 6.60. The first kappa shape index (κ1) is 29.0. The first-order valence-electron chi connectivity index (χ1n) is 14.1. The number of amides is 2. The van der Waals surface area contributed by atoms with E-state index in [0.29, 0.717) is 30.6 Å². The molecule has 1 aromatic heterocycles. The lowest BCUT2D eigenvalue weighted by atomic mass is 10.0. The van der Waals surface area contributed by atoms with Gasteiger partial charge in [-0.15, -0.1) is 11.3 Å². The molecule has 0 saturated carbocycles. The number of aryl methyl sites for hydroxylation is 1. The number of halogens is 1. The van der Waals surface area contributed by atoms with Gasteiger partial charge in [0.15, 0.2) is 0 Å². The van der Waals surface area contributed by atoms with Gasteiger partial charge in [-0.1, -0.05) is 60.1 Å². The zero-order valence-electron chi connectivity index (χ0n) is 23.2. The van der Waals surface area contributed by atoms with E-state index in [0.717, 1.165) is 52.7 Å². The molecule has 2 amide bonds. The average molecular weight is 587 g/mol. The van der Waals surface area contributed by atoms with Crippen molar-refractivity contribution in [2.45, 2.75) is 51.2 Å². The summed E-state index contributed by atoms with van der Waals surface area (Å²) >= 11 is 7.72. The largest absolute Gasteiger partial charge is 0.349 e. The van der Waals surface area contributed by atoms with Gasteiger partial charge in [0.05, 0.1) is 6.04 Å². The van der Waals surface area contributed by atoms with Crippen LogP contribution in [-0.4, -0.2) is 40.8 Å². The number of carbonyl (C=O) groups excluding carboxylic acids is 2. The summed E-state index contributed by atoms with van der Waals surface area (Å²) in [4.78, 5) is 33.5. The zero-order valence-corrected chi connectivity index (χ0v) is 24.8. The first-order chi connectivity index (χ1) is 20.0. The number of hydrogen-bond donors (Lipinski definition) is 2. The third-order valence-corrected chi connectivity index (χ3v) is 8.65. The van der Waals surface area contributed by atoms with Gasteiger partial charge in [-0.05, 0) is 80.6 Å². The maximum Gasteiger partial charge on any atom is 0.254 e. The minimum Gasteiger partial charge on any atom is -0.349 e. The van der Waals surface area contributed by atoms with Crippen molar-refractivity contribution < 1.29 is 9.59 Å². The van der Waals surface area contributed by atoms with E-state index in [1.54, 1.807) is 35.6 Å². The lowest BCUT2D eigenvalue weighted by Crippen LogP contribution is -2.38. The van der Waals surface area contributed by atoms with Crippen molar-refractivity contribution in [1.82, 2.24) is 20.5 Å². The monoisotopic (exact) mass is 586 g/mol. The highest BCUT2D eigenvalue weighted by atomic mass is 35.5. The van der Waals surface area contributed by atoms with Crippen molar-refractivity contribution in [2.75, 3.05) is 13.1 Å². The number of nitrogens with zero attached hydrogens (tertiary/aromatic N) is 2. The van der Waals surface area contributed by atoms with Crippen LogP contribution in [0.25, 0.3) is 0 Å². The average Bonchev–Trinajstić information content (AvgIpc) is 3.64. The van der Waals surface area contributed by atoms with Gasteiger partial charge >= 0.3 is 0 Å². The van der Waals surface area contributed by atoms with Crippen LogP contribution in [0.2, 0.25) is 5.02 Å². The lowest BCUT2D eigenvalue weighted by molar-refractivity contribution is 0.0735. The number of likely N-dealkylation sites (tertiary alicyclic amines) is 1. The molecule has 2 N–H and O–H groups in total. The van der Waals surface area contributed by atoms with E-state index < -0.39 is 0 Å². The zero-order chi connectivity index (χ0) is 28.6. The quantitative estimate of drug-likeness (QED) is 0.194. The van der Waals surface area contributed by atoms with Crippen LogP contribution in [0.3, 0.4) is 0 Å². The summed E-state index contributed by atoms with van der Waals surface area (Å²) in [6, 6.07) is 25.0. The third-order valence-electron chi connectivity index (χ3n) is 7.36. The maximum absolute atomic E-state index is 13.5. The van der Waals surface area contributed by atoms with E-state index in [2.05, 4.69) is 27.8 Å². The van der Waals surface area contributed by atoms with Gasteiger partial charge in [0, 0.05) is 46.4 Å². The van der Waals surface area contributed by atoms with Gasteiger partial charge in [-0.25, -0.2) is 4.98 Å². The summed E-state index contributed by atoms with van der Waals surface area (Å²) in [7, 11) is 0. The molecule has 1 fully saturated rings. The number of aromatic nitrogens is 1. The fourth-order valence-corrected chi connectivity index (χ4v) is 6.46. The molecule has 4 aromatic rings. The molecule has 5 rings (SSSR count). The van der Waals surface area contributed by atoms with Crippen LogP contribution in [0, 0.1) is 6.92 Å². The molecule has 6 nitrogen and oxygen atoms in total. The smallest absolute Gasteiger partial charge is 0.254 e. The molecule has 0 spiro atoms. The molecule has 1 saturated heterocycles. The highest BCUT2D eigenvalue weighted by molar-refractivity contribution is 7.09. The molecule has 0 bridgehead atoms. The maximum atomic E-state index is 13.5. The summed E-state index contributed by atoms with van der Waals surface area (Å²) in [5.74, 6) is -0.231. The van der Waals surface area contributed by atoms with Gasteiger partial charge in [0.25, 0.3) is 11.8 Å². The van der Waals surface area contributed by atoms with Crippen LogP contribution in [0.5, 0.6) is 0 Å². The summed E-state index contributed by atoms with van der Waals surface area (Å²) in [5, 5.41) is 10.4. The molecule has 41 heavy (non-hydrogen) atoms.